The molecule has 0 spiro atoms. The van der Waals surface area contributed by atoms with Crippen molar-refractivity contribution in [2.75, 3.05) is 13.3 Å². The third-order valence-corrected chi connectivity index (χ3v) is 5.44. The van der Waals surface area contributed by atoms with Crippen LogP contribution < -0.4 is 11.2 Å². The molecule has 30 heavy (non-hydrogen) atoms. The van der Waals surface area contributed by atoms with Gasteiger partial charge in [0, 0.05) is 33.5 Å². The molecule has 1 aromatic rings. The minimum absolute atomic E-state index is 0.0506. The molecule has 0 bridgehead atoms. The van der Waals surface area contributed by atoms with Crippen LogP contribution >= 0.6 is 8.38 Å². The summed E-state index contributed by atoms with van der Waals surface area (Å²) in [6.07, 6.45) is 8.51. The van der Waals surface area contributed by atoms with Crippen LogP contribution in [0.3, 0.4) is 0 Å². The molecule has 160 valence electrons. The molecule has 1 aromatic heterocycles. The zero-order valence-electron chi connectivity index (χ0n) is 17.9. The van der Waals surface area contributed by atoms with Gasteiger partial charge in [-0.15, -0.1) is 12.3 Å². The van der Waals surface area contributed by atoms with Gasteiger partial charge in [-0.05, 0) is 19.7 Å². The van der Waals surface area contributed by atoms with E-state index in [2.05, 4.69) is 22.7 Å². The number of unbranched alkanes of at least 4 members (excludes halogenated alkanes) is 3. The van der Waals surface area contributed by atoms with Gasteiger partial charge in [0.1, 0.15) is 11.8 Å². The van der Waals surface area contributed by atoms with Gasteiger partial charge in [-0.3, -0.25) is 14.3 Å². The summed E-state index contributed by atoms with van der Waals surface area (Å²) in [7, 11) is -1.25. The molecule has 8 nitrogen and oxygen atoms in total. The summed E-state index contributed by atoms with van der Waals surface area (Å²) < 4.78 is 26.2. The predicted octanol–water partition coefficient (Wildman–Crippen LogP) is 2.65. The Morgan fingerprint density at radius 2 is 2.23 bits per heavy atom. The topological polar surface area (TPSA) is 106 Å². The van der Waals surface area contributed by atoms with Crippen molar-refractivity contribution in [2.45, 2.75) is 63.9 Å². The van der Waals surface area contributed by atoms with E-state index in [-0.39, 0.29) is 25.5 Å². The average Bonchev–Trinajstić information content (AvgIpc) is 3.14. The standard InChI is InChI=1S/C21H26N3O5P/c1-4-5-6-7-8-9-11-17-15-24(21(26)23-20(17)25)19-14-18(16(2)28-19)29-30(3)27-13-10-12-22/h1,15-16,18-19H,5-8,10,13-14H2,2-3H3,(H,23,25,26)/t16-,18?,19-,30?/m1/s1/i2D. The van der Waals surface area contributed by atoms with E-state index in [4.69, 9.17) is 26.8 Å². The van der Waals surface area contributed by atoms with Gasteiger partial charge in [0.25, 0.3) is 5.56 Å². The molecule has 2 rings (SSSR count). The zero-order chi connectivity index (χ0) is 22.6. The number of hydrogen-bond acceptors (Lipinski definition) is 6. The van der Waals surface area contributed by atoms with Crippen LogP contribution in [0.2, 0.25) is 0 Å². The number of aromatic nitrogens is 2. The van der Waals surface area contributed by atoms with Crippen LogP contribution in [-0.4, -0.2) is 35.0 Å². The summed E-state index contributed by atoms with van der Waals surface area (Å²) in [5, 5.41) is 8.59. The molecule has 1 N–H and O–H groups in total. The first-order chi connectivity index (χ1) is 15.0. The van der Waals surface area contributed by atoms with Crippen LogP contribution in [-0.2, 0) is 13.8 Å². The summed E-state index contributed by atoms with van der Waals surface area (Å²) in [4.78, 5) is 26.7. The monoisotopic (exact) mass is 432 g/mol. The zero-order valence-corrected chi connectivity index (χ0v) is 17.8. The number of terminal acetylenes is 1. The molecule has 0 saturated carbocycles. The molecule has 1 aliphatic rings. The lowest BCUT2D eigenvalue weighted by atomic mass is 10.2. The SMILES string of the molecule is [2H]C[C@H]1O[C@@H](n2cc(C#CCCCCC#C)c(=O)[nH]c2=O)CC1OP(C)OCCC#N. The molecule has 2 heterocycles. The maximum Gasteiger partial charge on any atom is 0.330 e. The van der Waals surface area contributed by atoms with Crippen molar-refractivity contribution in [3.63, 3.8) is 0 Å². The Balaban J connectivity index is 2.09. The summed E-state index contributed by atoms with van der Waals surface area (Å²) in [6, 6.07) is 2.00. The van der Waals surface area contributed by atoms with Crippen molar-refractivity contribution in [2.24, 2.45) is 0 Å². The first kappa shape index (κ1) is 22.3. The minimum atomic E-state index is -1.25. The fourth-order valence-corrected chi connectivity index (χ4v) is 3.83. The van der Waals surface area contributed by atoms with Crippen LogP contribution in [0.4, 0.5) is 0 Å². The number of aromatic amines is 1. The number of ether oxygens (including phenoxy) is 1. The van der Waals surface area contributed by atoms with Crippen LogP contribution in [0, 0.1) is 35.5 Å². The van der Waals surface area contributed by atoms with Crippen molar-refractivity contribution in [3.8, 4) is 30.3 Å². The van der Waals surface area contributed by atoms with E-state index in [0.717, 1.165) is 12.8 Å². The van der Waals surface area contributed by atoms with Crippen molar-refractivity contribution in [1.29, 1.82) is 5.26 Å². The van der Waals surface area contributed by atoms with Gasteiger partial charge < -0.3 is 13.8 Å². The number of hydrogen-bond donors (Lipinski definition) is 1. The second kappa shape index (κ2) is 12.3. The first-order valence-corrected chi connectivity index (χ1v) is 11.3. The fourth-order valence-electron chi connectivity index (χ4n) is 2.81. The second-order valence-electron chi connectivity index (χ2n) is 6.61. The lowest BCUT2D eigenvalue weighted by molar-refractivity contribution is -0.00682. The highest BCUT2D eigenvalue weighted by Gasteiger charge is 2.36. The minimum Gasteiger partial charge on any atom is -0.352 e. The van der Waals surface area contributed by atoms with Crippen molar-refractivity contribution in [1.82, 2.24) is 9.55 Å². The van der Waals surface area contributed by atoms with Gasteiger partial charge >= 0.3 is 5.69 Å². The fraction of sp³-hybridized carbons (Fsp3) is 0.571. The normalized spacial score (nSPS) is 21.7. The van der Waals surface area contributed by atoms with Crippen LogP contribution in [0.5, 0.6) is 0 Å². The maximum atomic E-state index is 12.3. The van der Waals surface area contributed by atoms with E-state index in [1.54, 1.807) is 6.66 Å². The Bertz CT molecular complexity index is 984. The van der Waals surface area contributed by atoms with E-state index in [0.29, 0.717) is 19.3 Å². The van der Waals surface area contributed by atoms with E-state index >= 15 is 0 Å². The van der Waals surface area contributed by atoms with Crippen molar-refractivity contribution in [3.05, 3.63) is 32.6 Å². The molecule has 1 aliphatic heterocycles. The molecule has 2 unspecified atom stereocenters. The Morgan fingerprint density at radius 1 is 1.43 bits per heavy atom. The summed E-state index contributed by atoms with van der Waals surface area (Å²) in [5.41, 5.74) is -0.990. The van der Waals surface area contributed by atoms with E-state index < -0.39 is 38.1 Å². The third-order valence-electron chi connectivity index (χ3n) is 4.33. The van der Waals surface area contributed by atoms with E-state index in [1.165, 1.54) is 10.8 Å². The van der Waals surface area contributed by atoms with Gasteiger partial charge in [-0.2, -0.15) is 5.26 Å². The summed E-state index contributed by atoms with van der Waals surface area (Å²) in [5.74, 6) is 8.31. The smallest absolute Gasteiger partial charge is 0.330 e. The Kier molecular flexibility index (Phi) is 9.16. The Labute approximate surface area is 178 Å². The quantitative estimate of drug-likeness (QED) is 0.365. The van der Waals surface area contributed by atoms with Crippen LogP contribution in [0.15, 0.2) is 15.8 Å². The van der Waals surface area contributed by atoms with E-state index in [1.807, 2.05) is 6.07 Å². The molecule has 1 fully saturated rings. The molecule has 9 heteroatoms. The van der Waals surface area contributed by atoms with Crippen molar-refractivity contribution < 1.29 is 15.2 Å². The van der Waals surface area contributed by atoms with Gasteiger partial charge in [0.05, 0.1) is 31.3 Å². The average molecular weight is 432 g/mol. The molecule has 1 saturated heterocycles. The van der Waals surface area contributed by atoms with Crippen LogP contribution in [0.1, 0.15) is 58.6 Å². The lowest BCUT2D eigenvalue weighted by Gasteiger charge is -2.19. The molecule has 0 aromatic carbocycles. The first-order valence-electron chi connectivity index (χ1n) is 10.3. The Morgan fingerprint density at radius 3 is 2.97 bits per heavy atom. The Hall–Kier alpha value is -2.40. The second-order valence-corrected chi connectivity index (χ2v) is 7.96. The summed E-state index contributed by atoms with van der Waals surface area (Å²) in [6.45, 7) is 1.99. The van der Waals surface area contributed by atoms with Gasteiger partial charge in [0.2, 0.25) is 0 Å². The lowest BCUT2D eigenvalue weighted by Crippen LogP contribution is -2.33. The molecule has 0 radical (unpaired) electrons. The molecular weight excluding hydrogens is 405 g/mol. The van der Waals surface area contributed by atoms with Crippen LogP contribution in [0.25, 0.3) is 0 Å². The molecule has 4 atom stereocenters. The van der Waals surface area contributed by atoms with Gasteiger partial charge in [-0.1, -0.05) is 11.8 Å². The number of nitrogens with one attached hydrogen (secondary N) is 1. The van der Waals surface area contributed by atoms with E-state index in [9.17, 15) is 9.59 Å². The largest absolute Gasteiger partial charge is 0.352 e. The van der Waals surface area contributed by atoms with Gasteiger partial charge in [0.15, 0.2) is 8.38 Å². The number of rotatable bonds is 9. The molecule has 0 amide bonds. The predicted molar refractivity (Wildman–Crippen MR) is 114 cm³/mol. The number of nitrogens with zero attached hydrogens (tertiary/aromatic N) is 2. The molecule has 0 aliphatic carbocycles. The van der Waals surface area contributed by atoms with Crippen molar-refractivity contribution >= 4 is 8.38 Å². The van der Waals surface area contributed by atoms with Gasteiger partial charge in [-0.25, -0.2) is 4.79 Å². The highest BCUT2D eigenvalue weighted by molar-refractivity contribution is 7.46. The third kappa shape index (κ3) is 7.13. The number of nitriles is 1. The summed E-state index contributed by atoms with van der Waals surface area (Å²) >= 11 is 0. The maximum absolute atomic E-state index is 12.3. The number of H-pyrrole nitrogens is 1. The molecular formula is C21H26N3O5P. The highest BCUT2D eigenvalue weighted by atomic mass is 31.2. The highest BCUT2D eigenvalue weighted by Crippen LogP contribution is 2.41.